The third kappa shape index (κ3) is 2.74. The molecule has 1 aromatic heterocycles. The second-order valence-corrected chi connectivity index (χ2v) is 5.07. The Morgan fingerprint density at radius 1 is 1.22 bits per heavy atom. The number of rotatable bonds is 2. The van der Waals surface area contributed by atoms with Crippen molar-refractivity contribution in [2.45, 2.75) is 26.2 Å². The first-order chi connectivity index (χ1) is 8.47. The van der Waals surface area contributed by atoms with E-state index in [0.29, 0.717) is 0 Å². The number of benzene rings is 1. The van der Waals surface area contributed by atoms with Crippen LogP contribution in [-0.2, 0) is 5.41 Å². The molecule has 18 heavy (non-hydrogen) atoms. The molecule has 94 valence electrons. The fourth-order valence-corrected chi connectivity index (χ4v) is 1.51. The van der Waals surface area contributed by atoms with Crippen LogP contribution < -0.4 is 5.32 Å². The third-order valence-corrected chi connectivity index (χ3v) is 2.60. The van der Waals surface area contributed by atoms with Gasteiger partial charge in [-0.3, -0.25) is 4.79 Å². The Hall–Kier alpha value is -2.17. The monoisotopic (exact) mass is 245 g/mol. The van der Waals surface area contributed by atoms with E-state index < -0.39 is 0 Å². The van der Waals surface area contributed by atoms with E-state index >= 15 is 0 Å². The number of nitrogens with one attached hydrogen (secondary N) is 1. The molecule has 1 N–H and O–H groups in total. The highest BCUT2D eigenvalue weighted by atomic mass is 16.6. The fourth-order valence-electron chi connectivity index (χ4n) is 1.51. The molecular formula is C13H15N3O2. The molecule has 1 heterocycles. The van der Waals surface area contributed by atoms with E-state index in [4.69, 9.17) is 0 Å². The normalized spacial score (nSPS) is 11.3. The molecule has 0 unspecified atom stereocenters. The molecule has 1 amide bonds. The van der Waals surface area contributed by atoms with E-state index in [1.807, 2.05) is 24.3 Å². The van der Waals surface area contributed by atoms with Gasteiger partial charge in [0.2, 0.25) is 0 Å². The topological polar surface area (TPSA) is 68.0 Å². The van der Waals surface area contributed by atoms with Crippen molar-refractivity contribution in [3.8, 4) is 0 Å². The molecule has 5 heteroatoms. The lowest BCUT2D eigenvalue weighted by atomic mass is 9.87. The maximum absolute atomic E-state index is 11.7. The van der Waals surface area contributed by atoms with Gasteiger partial charge in [-0.05, 0) is 28.3 Å². The number of anilines is 1. The van der Waals surface area contributed by atoms with E-state index in [9.17, 15) is 4.79 Å². The number of amides is 1. The first-order valence-electron chi connectivity index (χ1n) is 5.66. The third-order valence-electron chi connectivity index (χ3n) is 2.60. The Morgan fingerprint density at radius 2 is 1.89 bits per heavy atom. The first kappa shape index (κ1) is 12.3. The van der Waals surface area contributed by atoms with Gasteiger partial charge in [0, 0.05) is 5.69 Å². The standard InChI is InChI=1S/C13H15N3O2/c1-13(2,3)9-4-6-10(7-5-9)15-12(17)11-8-14-18-16-11/h4-8H,1-3H3,(H,15,17). The van der Waals surface area contributed by atoms with Crippen molar-refractivity contribution in [2.24, 2.45) is 0 Å². The molecule has 5 nitrogen and oxygen atoms in total. The van der Waals surface area contributed by atoms with Gasteiger partial charge < -0.3 is 5.32 Å². The van der Waals surface area contributed by atoms with Gasteiger partial charge in [0.25, 0.3) is 5.91 Å². The van der Waals surface area contributed by atoms with E-state index in [-0.39, 0.29) is 17.0 Å². The van der Waals surface area contributed by atoms with Crippen LogP contribution in [-0.4, -0.2) is 16.2 Å². The Kier molecular flexibility index (Phi) is 3.14. The van der Waals surface area contributed by atoms with Crippen molar-refractivity contribution in [3.05, 3.63) is 41.7 Å². The summed E-state index contributed by atoms with van der Waals surface area (Å²) in [5.74, 6) is -0.334. The molecule has 0 atom stereocenters. The van der Waals surface area contributed by atoms with Gasteiger partial charge in [-0.1, -0.05) is 38.1 Å². The molecule has 0 saturated heterocycles. The van der Waals surface area contributed by atoms with Crippen LogP contribution in [0.1, 0.15) is 36.8 Å². The number of hydrogen-bond acceptors (Lipinski definition) is 4. The predicted octanol–water partition coefficient (Wildman–Crippen LogP) is 2.62. The second-order valence-electron chi connectivity index (χ2n) is 5.07. The zero-order chi connectivity index (χ0) is 13.2. The fraction of sp³-hybridized carbons (Fsp3) is 0.308. The van der Waals surface area contributed by atoms with Crippen molar-refractivity contribution in [3.63, 3.8) is 0 Å². The van der Waals surface area contributed by atoms with Crippen LogP contribution in [0.5, 0.6) is 0 Å². The minimum absolute atomic E-state index is 0.0958. The van der Waals surface area contributed by atoms with Crippen LogP contribution in [0.3, 0.4) is 0 Å². The number of carbonyl (C=O) groups excluding carboxylic acids is 1. The average Bonchev–Trinajstić information content (AvgIpc) is 2.82. The Bertz CT molecular complexity index is 524. The van der Waals surface area contributed by atoms with Crippen LogP contribution in [0.2, 0.25) is 0 Å². The van der Waals surface area contributed by atoms with Crippen molar-refractivity contribution < 1.29 is 9.42 Å². The van der Waals surface area contributed by atoms with Gasteiger partial charge in [-0.15, -0.1) is 0 Å². The summed E-state index contributed by atoms with van der Waals surface area (Å²) in [6.45, 7) is 6.42. The maximum atomic E-state index is 11.7. The highest BCUT2D eigenvalue weighted by Crippen LogP contribution is 2.23. The Labute approximate surface area is 105 Å². The molecule has 2 aromatic rings. The zero-order valence-corrected chi connectivity index (χ0v) is 10.6. The molecule has 0 fully saturated rings. The van der Waals surface area contributed by atoms with Crippen molar-refractivity contribution >= 4 is 11.6 Å². The minimum atomic E-state index is -0.334. The summed E-state index contributed by atoms with van der Waals surface area (Å²) in [5, 5.41) is 9.58. The van der Waals surface area contributed by atoms with Crippen molar-refractivity contribution in [1.29, 1.82) is 0 Å². The predicted molar refractivity (Wildman–Crippen MR) is 67.4 cm³/mol. The summed E-state index contributed by atoms with van der Waals surface area (Å²) in [6, 6.07) is 7.73. The maximum Gasteiger partial charge on any atom is 0.279 e. The van der Waals surface area contributed by atoms with Crippen LogP contribution >= 0.6 is 0 Å². The Balaban J connectivity index is 2.09. The van der Waals surface area contributed by atoms with Gasteiger partial charge in [0.05, 0.1) is 0 Å². The average molecular weight is 245 g/mol. The lowest BCUT2D eigenvalue weighted by Crippen LogP contribution is -2.13. The van der Waals surface area contributed by atoms with Crippen LogP contribution in [0, 0.1) is 0 Å². The summed E-state index contributed by atoms with van der Waals surface area (Å²) >= 11 is 0. The number of hydrogen-bond donors (Lipinski definition) is 1. The lowest BCUT2D eigenvalue weighted by molar-refractivity contribution is 0.101. The molecule has 0 radical (unpaired) electrons. The zero-order valence-electron chi connectivity index (χ0n) is 10.6. The highest BCUT2D eigenvalue weighted by Gasteiger charge is 2.14. The van der Waals surface area contributed by atoms with Gasteiger partial charge in [-0.25, -0.2) is 4.63 Å². The van der Waals surface area contributed by atoms with E-state index in [2.05, 4.69) is 41.0 Å². The molecule has 0 saturated carbocycles. The largest absolute Gasteiger partial charge is 0.320 e. The summed E-state index contributed by atoms with van der Waals surface area (Å²) in [7, 11) is 0. The molecular weight excluding hydrogens is 230 g/mol. The van der Waals surface area contributed by atoms with E-state index in [1.54, 1.807) is 0 Å². The van der Waals surface area contributed by atoms with Gasteiger partial charge in [0.1, 0.15) is 6.20 Å². The molecule has 0 aliphatic carbocycles. The lowest BCUT2D eigenvalue weighted by Gasteiger charge is -2.19. The molecule has 0 aliphatic rings. The second kappa shape index (κ2) is 4.60. The van der Waals surface area contributed by atoms with Crippen molar-refractivity contribution in [2.75, 3.05) is 5.32 Å². The Morgan fingerprint density at radius 3 is 2.39 bits per heavy atom. The number of nitrogens with zero attached hydrogens (tertiary/aromatic N) is 2. The highest BCUT2D eigenvalue weighted by molar-refractivity contribution is 6.02. The van der Waals surface area contributed by atoms with E-state index in [1.165, 1.54) is 11.8 Å². The summed E-state index contributed by atoms with van der Waals surface area (Å²) in [4.78, 5) is 11.7. The summed E-state index contributed by atoms with van der Waals surface area (Å²) < 4.78 is 4.38. The number of carbonyl (C=O) groups is 1. The van der Waals surface area contributed by atoms with Gasteiger partial charge >= 0.3 is 0 Å². The minimum Gasteiger partial charge on any atom is -0.320 e. The number of aromatic nitrogens is 2. The summed E-state index contributed by atoms with van der Waals surface area (Å²) in [5.41, 5.74) is 2.19. The van der Waals surface area contributed by atoms with Crippen LogP contribution in [0.4, 0.5) is 5.69 Å². The summed E-state index contributed by atoms with van der Waals surface area (Å²) in [6.07, 6.45) is 1.28. The quantitative estimate of drug-likeness (QED) is 0.883. The smallest absolute Gasteiger partial charge is 0.279 e. The van der Waals surface area contributed by atoms with Crippen LogP contribution in [0.25, 0.3) is 0 Å². The molecule has 2 rings (SSSR count). The van der Waals surface area contributed by atoms with Gasteiger partial charge in [0.15, 0.2) is 5.69 Å². The van der Waals surface area contributed by atoms with E-state index in [0.717, 1.165) is 5.69 Å². The molecule has 0 bridgehead atoms. The van der Waals surface area contributed by atoms with Gasteiger partial charge in [-0.2, -0.15) is 0 Å². The molecule has 0 aliphatic heterocycles. The molecule has 1 aromatic carbocycles. The molecule has 0 spiro atoms. The van der Waals surface area contributed by atoms with Crippen molar-refractivity contribution in [1.82, 2.24) is 10.3 Å². The first-order valence-corrected chi connectivity index (χ1v) is 5.66. The van der Waals surface area contributed by atoms with Crippen LogP contribution in [0.15, 0.2) is 35.1 Å². The SMILES string of the molecule is CC(C)(C)c1ccc(NC(=O)c2cnon2)cc1.